The van der Waals surface area contributed by atoms with E-state index in [0.29, 0.717) is 18.6 Å². The number of ether oxygens (including phenoxy) is 1. The van der Waals surface area contributed by atoms with Gasteiger partial charge in [0.1, 0.15) is 17.6 Å². The van der Waals surface area contributed by atoms with E-state index in [-0.39, 0.29) is 23.6 Å². The number of carbonyl (C=O) groups is 1. The van der Waals surface area contributed by atoms with Crippen molar-refractivity contribution in [3.8, 4) is 11.8 Å². The van der Waals surface area contributed by atoms with Gasteiger partial charge in [0, 0.05) is 0 Å². The molecule has 1 aromatic rings. The minimum atomic E-state index is -0.821. The van der Waals surface area contributed by atoms with Crippen LogP contribution in [0.1, 0.15) is 25.7 Å². The highest BCUT2D eigenvalue weighted by Crippen LogP contribution is 2.31. The van der Waals surface area contributed by atoms with Crippen molar-refractivity contribution in [3.05, 3.63) is 54.1 Å². The second kappa shape index (κ2) is 8.23. The third kappa shape index (κ3) is 5.33. The molecule has 0 radical (unpaired) electrons. The van der Waals surface area contributed by atoms with E-state index >= 15 is 0 Å². The van der Waals surface area contributed by atoms with Crippen LogP contribution < -0.4 is 4.74 Å². The number of hydrogen-bond acceptors (Lipinski definition) is 3. The molecule has 1 aliphatic carbocycles. The highest BCUT2D eigenvalue weighted by atomic mass is 19.1. The zero-order valence-electron chi connectivity index (χ0n) is 12.5. The van der Waals surface area contributed by atoms with Gasteiger partial charge in [0.15, 0.2) is 5.83 Å². The van der Waals surface area contributed by atoms with E-state index in [1.54, 1.807) is 6.08 Å². The van der Waals surface area contributed by atoms with Gasteiger partial charge in [0.05, 0.1) is 5.92 Å². The molecule has 1 aromatic carbocycles. The van der Waals surface area contributed by atoms with Gasteiger partial charge in [-0.05, 0) is 61.9 Å². The first-order valence-corrected chi connectivity index (χ1v) is 7.50. The molecular weight excluding hydrogens is 300 g/mol. The van der Waals surface area contributed by atoms with Crippen molar-refractivity contribution in [2.24, 2.45) is 11.8 Å². The molecule has 23 heavy (non-hydrogen) atoms. The largest absolute Gasteiger partial charge is 0.426 e. The molecule has 0 atom stereocenters. The topological polar surface area (TPSA) is 50.1 Å². The number of nitriles is 1. The first kappa shape index (κ1) is 16.9. The Balaban J connectivity index is 1.81. The third-order valence-corrected chi connectivity index (χ3v) is 3.87. The molecule has 1 saturated carbocycles. The van der Waals surface area contributed by atoms with E-state index in [2.05, 4.69) is 0 Å². The minimum absolute atomic E-state index is 0.170. The maximum Gasteiger partial charge on any atom is 0.314 e. The lowest BCUT2D eigenvalue weighted by Crippen LogP contribution is -2.25. The lowest BCUT2D eigenvalue weighted by molar-refractivity contribution is -0.140. The van der Waals surface area contributed by atoms with Crippen molar-refractivity contribution in [1.29, 1.82) is 5.26 Å². The molecule has 0 saturated heterocycles. The summed E-state index contributed by atoms with van der Waals surface area (Å²) >= 11 is 0. The maximum absolute atomic E-state index is 12.8. The van der Waals surface area contributed by atoms with Gasteiger partial charge in [0.25, 0.3) is 0 Å². The summed E-state index contributed by atoms with van der Waals surface area (Å²) in [6.45, 7) is 0. The Bertz CT molecular complexity index is 636. The van der Waals surface area contributed by atoms with Crippen LogP contribution in [-0.2, 0) is 4.79 Å². The highest BCUT2D eigenvalue weighted by molar-refractivity contribution is 5.75. The van der Waals surface area contributed by atoms with Crippen LogP contribution in [0.25, 0.3) is 0 Å². The normalized spacial score (nSPS) is 21.9. The van der Waals surface area contributed by atoms with Crippen LogP contribution in [-0.4, -0.2) is 5.97 Å². The molecule has 0 aliphatic heterocycles. The number of rotatable bonds is 4. The SMILES string of the molecule is N#CC(F)=CC=C[C@H]1CC[C@H](C(=O)Oc2ccc(F)cc2)CC1. The number of nitrogens with zero attached hydrogens (tertiary/aromatic N) is 1. The van der Waals surface area contributed by atoms with E-state index in [0.717, 1.165) is 18.9 Å². The molecule has 0 heterocycles. The molecular formula is C18H17F2NO2. The monoisotopic (exact) mass is 317 g/mol. The smallest absolute Gasteiger partial charge is 0.314 e. The number of carbonyl (C=O) groups excluding carboxylic acids is 1. The van der Waals surface area contributed by atoms with Crippen molar-refractivity contribution in [2.45, 2.75) is 25.7 Å². The van der Waals surface area contributed by atoms with Crippen LogP contribution in [0.5, 0.6) is 5.75 Å². The van der Waals surface area contributed by atoms with Gasteiger partial charge in [-0.2, -0.15) is 9.65 Å². The maximum atomic E-state index is 12.8. The zero-order chi connectivity index (χ0) is 16.7. The van der Waals surface area contributed by atoms with Crippen molar-refractivity contribution >= 4 is 5.97 Å². The molecule has 0 amide bonds. The van der Waals surface area contributed by atoms with Gasteiger partial charge in [-0.25, -0.2) is 4.39 Å². The van der Waals surface area contributed by atoms with Crippen LogP contribution in [0.15, 0.2) is 48.3 Å². The van der Waals surface area contributed by atoms with E-state index in [4.69, 9.17) is 10.00 Å². The second-order valence-electron chi connectivity index (χ2n) is 5.50. The average molecular weight is 317 g/mol. The summed E-state index contributed by atoms with van der Waals surface area (Å²) < 4.78 is 30.7. The Morgan fingerprint density at radius 1 is 1.22 bits per heavy atom. The molecule has 0 bridgehead atoms. The van der Waals surface area contributed by atoms with Crippen LogP contribution in [0.2, 0.25) is 0 Å². The third-order valence-electron chi connectivity index (χ3n) is 3.87. The van der Waals surface area contributed by atoms with Crippen LogP contribution in [0, 0.1) is 29.0 Å². The molecule has 2 rings (SSSR count). The van der Waals surface area contributed by atoms with Crippen molar-refractivity contribution < 1.29 is 18.3 Å². The van der Waals surface area contributed by atoms with Crippen LogP contribution in [0.4, 0.5) is 8.78 Å². The molecule has 3 nitrogen and oxygen atoms in total. The second-order valence-corrected chi connectivity index (χ2v) is 5.50. The lowest BCUT2D eigenvalue weighted by Gasteiger charge is -2.25. The fraction of sp³-hybridized carbons (Fsp3) is 0.333. The van der Waals surface area contributed by atoms with Crippen molar-refractivity contribution in [2.75, 3.05) is 0 Å². The van der Waals surface area contributed by atoms with E-state index in [1.165, 1.54) is 30.3 Å². The van der Waals surface area contributed by atoms with E-state index < -0.39 is 5.83 Å². The standard InChI is InChI=1S/C18H17F2NO2/c19-15-8-10-17(11-9-15)23-18(22)14-6-4-13(5-7-14)2-1-3-16(20)12-21/h1-3,8-11,13-14H,4-7H2/t13-,14-. The summed E-state index contributed by atoms with van der Waals surface area (Å²) in [5.74, 6) is -1.05. The van der Waals surface area contributed by atoms with Gasteiger partial charge in [0.2, 0.25) is 0 Å². The predicted molar refractivity (Wildman–Crippen MR) is 81.4 cm³/mol. The summed E-state index contributed by atoms with van der Waals surface area (Å²) in [4.78, 5) is 12.1. The zero-order valence-corrected chi connectivity index (χ0v) is 12.5. The van der Waals surface area contributed by atoms with E-state index in [1.807, 2.05) is 6.08 Å². The minimum Gasteiger partial charge on any atom is -0.426 e. The molecule has 0 spiro atoms. The number of halogens is 2. The summed E-state index contributed by atoms with van der Waals surface area (Å²) in [7, 11) is 0. The van der Waals surface area contributed by atoms with E-state index in [9.17, 15) is 13.6 Å². The molecule has 120 valence electrons. The van der Waals surface area contributed by atoms with Gasteiger partial charge in [-0.15, -0.1) is 0 Å². The fourth-order valence-electron chi connectivity index (χ4n) is 2.58. The number of benzene rings is 1. The molecule has 0 unspecified atom stereocenters. The quantitative estimate of drug-likeness (QED) is 0.356. The summed E-state index contributed by atoms with van der Waals surface area (Å²) in [5, 5.41) is 8.30. The summed E-state index contributed by atoms with van der Waals surface area (Å²) in [6, 6.07) is 6.76. The lowest BCUT2D eigenvalue weighted by atomic mass is 9.82. The molecule has 5 heteroatoms. The Morgan fingerprint density at radius 3 is 2.48 bits per heavy atom. The van der Waals surface area contributed by atoms with Gasteiger partial charge < -0.3 is 4.74 Å². The number of hydrogen-bond donors (Lipinski definition) is 0. The van der Waals surface area contributed by atoms with Crippen LogP contribution >= 0.6 is 0 Å². The first-order chi connectivity index (χ1) is 11.1. The Hall–Kier alpha value is -2.48. The average Bonchev–Trinajstić information content (AvgIpc) is 2.57. The fourth-order valence-corrected chi connectivity index (χ4v) is 2.58. The number of allylic oxidation sites excluding steroid dienone is 4. The Labute approximate surface area is 133 Å². The van der Waals surface area contributed by atoms with Crippen molar-refractivity contribution in [3.63, 3.8) is 0 Å². The first-order valence-electron chi connectivity index (χ1n) is 7.50. The van der Waals surface area contributed by atoms with Gasteiger partial charge in [-0.1, -0.05) is 12.2 Å². The molecule has 0 aromatic heterocycles. The Kier molecular flexibility index (Phi) is 6.04. The summed E-state index contributed by atoms with van der Waals surface area (Å²) in [5.41, 5.74) is 0. The van der Waals surface area contributed by atoms with Gasteiger partial charge in [-0.3, -0.25) is 4.79 Å². The summed E-state index contributed by atoms with van der Waals surface area (Å²) in [6.07, 6.45) is 7.54. The molecule has 1 fully saturated rings. The number of esters is 1. The van der Waals surface area contributed by atoms with Gasteiger partial charge >= 0.3 is 5.97 Å². The molecule has 0 N–H and O–H groups in total. The molecule has 1 aliphatic rings. The van der Waals surface area contributed by atoms with Crippen LogP contribution in [0.3, 0.4) is 0 Å². The van der Waals surface area contributed by atoms with Crippen molar-refractivity contribution in [1.82, 2.24) is 0 Å². The predicted octanol–water partition coefficient (Wildman–Crippen LogP) is 4.47. The highest BCUT2D eigenvalue weighted by Gasteiger charge is 2.26. The Morgan fingerprint density at radius 2 is 1.87 bits per heavy atom.